The van der Waals surface area contributed by atoms with E-state index in [0.717, 1.165) is 61.6 Å². The fraction of sp³-hybridized carbons (Fsp3) is 0.400. The number of hydrogen-bond acceptors (Lipinski definition) is 7. The molecule has 0 radical (unpaired) electrons. The number of nitrogens with zero attached hydrogens (tertiary/aromatic N) is 4. The van der Waals surface area contributed by atoms with Crippen molar-refractivity contribution in [2.45, 2.75) is 46.0 Å². The Balaban J connectivity index is 0.00000126. The average Bonchev–Trinajstić information content (AvgIpc) is 3.35. The van der Waals surface area contributed by atoms with Gasteiger partial charge in [0.2, 0.25) is 5.89 Å². The zero-order valence-electron chi connectivity index (χ0n) is 16.1. The van der Waals surface area contributed by atoms with Crippen LogP contribution in [0.3, 0.4) is 0 Å². The van der Waals surface area contributed by atoms with Crippen molar-refractivity contribution in [3.05, 3.63) is 55.0 Å². The van der Waals surface area contributed by atoms with E-state index in [4.69, 9.17) is 9.05 Å². The Bertz CT molecular complexity index is 812. The first kappa shape index (κ1) is 20.4. The highest BCUT2D eigenvalue weighted by Gasteiger charge is 2.08. The van der Waals surface area contributed by atoms with E-state index in [1.807, 2.05) is 38.1 Å². The van der Waals surface area contributed by atoms with E-state index in [1.54, 1.807) is 0 Å². The van der Waals surface area contributed by atoms with Gasteiger partial charge in [-0.3, -0.25) is 0 Å². The molecule has 1 N–H and O–H groups in total. The molecule has 0 aliphatic heterocycles. The highest BCUT2D eigenvalue weighted by Crippen LogP contribution is 2.21. The van der Waals surface area contributed by atoms with Crippen molar-refractivity contribution in [1.29, 1.82) is 0 Å². The Morgan fingerprint density at radius 2 is 1.89 bits per heavy atom. The molecular formula is C20H27N5O2. The lowest BCUT2D eigenvalue weighted by Gasteiger charge is -2.06. The summed E-state index contributed by atoms with van der Waals surface area (Å²) < 4.78 is 10.4. The Labute approximate surface area is 159 Å². The molecule has 2 heterocycles. The second-order valence-corrected chi connectivity index (χ2v) is 5.92. The summed E-state index contributed by atoms with van der Waals surface area (Å²) >= 11 is 0. The molecule has 0 atom stereocenters. The molecule has 0 unspecified atom stereocenters. The number of nitrogens with one attached hydrogen (secondary N) is 1. The second-order valence-electron chi connectivity index (χ2n) is 5.92. The summed E-state index contributed by atoms with van der Waals surface area (Å²) in [5.74, 6) is 2.72. The van der Waals surface area contributed by atoms with Gasteiger partial charge in [-0.05, 0) is 38.0 Å². The molecule has 1 aromatic carbocycles. The van der Waals surface area contributed by atoms with Gasteiger partial charge in [-0.25, -0.2) is 0 Å². The lowest BCUT2D eigenvalue weighted by Crippen LogP contribution is -2.01. The minimum absolute atomic E-state index is 0.565. The minimum Gasteiger partial charge on any atom is -0.385 e. The molecule has 7 nitrogen and oxygen atoms in total. The van der Waals surface area contributed by atoms with Gasteiger partial charge >= 0.3 is 0 Å². The van der Waals surface area contributed by atoms with Gasteiger partial charge < -0.3 is 14.4 Å². The number of hydrogen-bond donors (Lipinski definition) is 1. The largest absolute Gasteiger partial charge is 0.385 e. The van der Waals surface area contributed by atoms with Crippen molar-refractivity contribution < 1.29 is 9.05 Å². The van der Waals surface area contributed by atoms with Crippen LogP contribution in [0.25, 0.3) is 11.5 Å². The maximum absolute atomic E-state index is 5.29. The van der Waals surface area contributed by atoms with Crippen LogP contribution in [0.1, 0.15) is 43.7 Å². The summed E-state index contributed by atoms with van der Waals surface area (Å²) in [6, 6.07) is 8.05. The van der Waals surface area contributed by atoms with Gasteiger partial charge in [0.05, 0.1) is 0 Å². The van der Waals surface area contributed by atoms with Crippen LogP contribution in [0.4, 0.5) is 5.69 Å². The van der Waals surface area contributed by atoms with Gasteiger partial charge in [-0.2, -0.15) is 9.97 Å². The topological polar surface area (TPSA) is 89.9 Å². The van der Waals surface area contributed by atoms with E-state index in [2.05, 4.69) is 38.8 Å². The fourth-order valence-corrected chi connectivity index (χ4v) is 2.53. The molecule has 3 aromatic rings. The molecule has 2 aromatic heterocycles. The third-order valence-corrected chi connectivity index (χ3v) is 3.86. The lowest BCUT2D eigenvalue weighted by atomic mass is 10.1. The molecule has 0 bridgehead atoms. The number of anilines is 1. The summed E-state index contributed by atoms with van der Waals surface area (Å²) in [5, 5.41) is 11.2. The fourth-order valence-electron chi connectivity index (χ4n) is 2.53. The predicted molar refractivity (Wildman–Crippen MR) is 105 cm³/mol. The average molecular weight is 369 g/mol. The summed E-state index contributed by atoms with van der Waals surface area (Å²) in [5.41, 5.74) is 1.99. The maximum atomic E-state index is 5.29. The Kier molecular flexibility index (Phi) is 8.22. The SMILES string of the molecule is C=C.CCc1noc(-c2cccc(NCCCCCc3nc(C)no3)c2)n1. The number of unbranched alkanes of at least 4 members (excludes halogenated alkanes) is 2. The Hall–Kier alpha value is -2.96. The highest BCUT2D eigenvalue weighted by molar-refractivity contribution is 5.61. The monoisotopic (exact) mass is 369 g/mol. The van der Waals surface area contributed by atoms with Crippen LogP contribution < -0.4 is 5.32 Å². The van der Waals surface area contributed by atoms with Gasteiger partial charge in [0.15, 0.2) is 11.6 Å². The Morgan fingerprint density at radius 3 is 2.59 bits per heavy atom. The Morgan fingerprint density at radius 1 is 1.04 bits per heavy atom. The summed E-state index contributed by atoms with van der Waals surface area (Å²) in [7, 11) is 0. The van der Waals surface area contributed by atoms with Crippen LogP contribution in [-0.2, 0) is 12.8 Å². The molecule has 144 valence electrons. The third kappa shape index (κ3) is 6.36. The van der Waals surface area contributed by atoms with E-state index in [1.165, 1.54) is 0 Å². The summed E-state index contributed by atoms with van der Waals surface area (Å²) in [6.45, 7) is 10.8. The molecule has 0 aliphatic carbocycles. The van der Waals surface area contributed by atoms with Crippen LogP contribution >= 0.6 is 0 Å². The molecule has 0 spiro atoms. The van der Waals surface area contributed by atoms with Crippen LogP contribution in [0.2, 0.25) is 0 Å². The van der Waals surface area contributed by atoms with Gasteiger partial charge in [0, 0.05) is 30.6 Å². The molecule has 7 heteroatoms. The van der Waals surface area contributed by atoms with Crippen molar-refractivity contribution in [3.8, 4) is 11.5 Å². The minimum atomic E-state index is 0.565. The first-order valence-corrected chi connectivity index (χ1v) is 9.20. The molecule has 27 heavy (non-hydrogen) atoms. The van der Waals surface area contributed by atoms with E-state index in [-0.39, 0.29) is 0 Å². The van der Waals surface area contributed by atoms with Gasteiger partial charge in [0.1, 0.15) is 0 Å². The van der Waals surface area contributed by atoms with Crippen molar-refractivity contribution in [2.24, 2.45) is 0 Å². The van der Waals surface area contributed by atoms with E-state index >= 15 is 0 Å². The van der Waals surface area contributed by atoms with Crippen molar-refractivity contribution in [2.75, 3.05) is 11.9 Å². The van der Waals surface area contributed by atoms with Crippen molar-refractivity contribution in [1.82, 2.24) is 20.3 Å². The third-order valence-electron chi connectivity index (χ3n) is 3.86. The van der Waals surface area contributed by atoms with E-state index < -0.39 is 0 Å². The van der Waals surface area contributed by atoms with Gasteiger partial charge in [-0.1, -0.05) is 29.7 Å². The molecule has 0 saturated heterocycles. The predicted octanol–water partition coefficient (Wildman–Crippen LogP) is 4.62. The number of rotatable bonds is 9. The maximum Gasteiger partial charge on any atom is 0.257 e. The first-order chi connectivity index (χ1) is 13.2. The molecule has 3 rings (SSSR count). The van der Waals surface area contributed by atoms with E-state index in [9.17, 15) is 0 Å². The van der Waals surface area contributed by atoms with Crippen molar-refractivity contribution >= 4 is 5.69 Å². The number of aromatic nitrogens is 4. The van der Waals surface area contributed by atoms with Crippen LogP contribution in [0.5, 0.6) is 0 Å². The van der Waals surface area contributed by atoms with Crippen LogP contribution in [0, 0.1) is 6.92 Å². The standard InChI is InChI=1S/C18H23N5O2.C2H4/c1-3-16-21-18(25-23-16)14-8-7-9-15(12-14)19-11-6-4-5-10-17-20-13(2)22-24-17;1-2/h7-9,12,19H,3-6,10-11H2,1-2H3;1-2H2. The van der Waals surface area contributed by atoms with Gasteiger partial charge in [-0.15, -0.1) is 13.2 Å². The zero-order valence-corrected chi connectivity index (χ0v) is 16.1. The first-order valence-electron chi connectivity index (χ1n) is 9.20. The van der Waals surface area contributed by atoms with Crippen molar-refractivity contribution in [3.63, 3.8) is 0 Å². The number of aryl methyl sites for hydroxylation is 3. The normalized spacial score (nSPS) is 10.3. The quantitative estimate of drug-likeness (QED) is 0.435. The molecular weight excluding hydrogens is 342 g/mol. The molecule has 0 amide bonds. The van der Waals surface area contributed by atoms with Crippen LogP contribution in [-0.4, -0.2) is 26.8 Å². The molecule has 0 saturated carbocycles. The van der Waals surface area contributed by atoms with Crippen LogP contribution in [0.15, 0.2) is 46.5 Å². The smallest absolute Gasteiger partial charge is 0.257 e. The molecule has 0 fully saturated rings. The number of benzene rings is 1. The highest BCUT2D eigenvalue weighted by atomic mass is 16.5. The second kappa shape index (κ2) is 10.9. The summed E-state index contributed by atoms with van der Waals surface area (Å²) in [6.07, 6.45) is 4.85. The molecule has 0 aliphatic rings. The summed E-state index contributed by atoms with van der Waals surface area (Å²) in [4.78, 5) is 8.58. The lowest BCUT2D eigenvalue weighted by molar-refractivity contribution is 0.370. The van der Waals surface area contributed by atoms with Gasteiger partial charge in [0.25, 0.3) is 5.89 Å². The van der Waals surface area contributed by atoms with E-state index in [0.29, 0.717) is 11.7 Å². The zero-order chi connectivity index (χ0) is 19.5.